The Morgan fingerprint density at radius 3 is 1.73 bits per heavy atom. The number of aromatic nitrogens is 2. The molecule has 0 atom stereocenters. The van der Waals surface area contributed by atoms with E-state index < -0.39 is 136 Å². The molecule has 0 aliphatic heterocycles. The van der Waals surface area contributed by atoms with Gasteiger partial charge in [0.2, 0.25) is 0 Å². The van der Waals surface area contributed by atoms with Gasteiger partial charge in [0.05, 0.1) is 40.1 Å². The summed E-state index contributed by atoms with van der Waals surface area (Å²) < 4.78 is 164. The summed E-state index contributed by atoms with van der Waals surface area (Å²) >= 11 is 0. The lowest BCUT2D eigenvalue weighted by Crippen LogP contribution is -2.28. The monoisotopic (exact) mass is 807 g/mol. The van der Waals surface area contributed by atoms with E-state index in [9.17, 15) is 12.3 Å². The molecule has 62 heavy (non-hydrogen) atoms. The van der Waals surface area contributed by atoms with E-state index in [-0.39, 0.29) is 28.3 Å². The average molecular weight is 808 g/mol. The van der Waals surface area contributed by atoms with Crippen molar-refractivity contribution in [1.82, 2.24) is 9.97 Å². The Kier molecular flexibility index (Phi) is 5.27. The van der Waals surface area contributed by atoms with Crippen molar-refractivity contribution in [2.75, 3.05) is 0 Å². The molecule has 3 heteroatoms. The highest BCUT2D eigenvalue weighted by Crippen LogP contribution is 2.58. The highest BCUT2D eigenvalue weighted by atomic mass is 16.3. The van der Waals surface area contributed by atoms with Gasteiger partial charge in [-0.3, -0.25) is 0 Å². The van der Waals surface area contributed by atoms with Crippen LogP contribution >= 0.6 is 0 Å². The fourth-order valence-electron chi connectivity index (χ4n) is 8.62. The number of hydrogen-bond acceptors (Lipinski definition) is 3. The Hall–Kier alpha value is -8.14. The van der Waals surface area contributed by atoms with Crippen LogP contribution in [0.5, 0.6) is 0 Å². The summed E-state index contributed by atoms with van der Waals surface area (Å²) in [4.78, 5) is 10.2. The van der Waals surface area contributed by atoms with Crippen LogP contribution in [0.25, 0.3) is 89.2 Å². The first kappa shape index (κ1) is 22.5. The molecule has 290 valence electrons. The lowest BCUT2D eigenvalue weighted by Gasteiger charge is -2.33. The second-order valence-corrected chi connectivity index (χ2v) is 14.8. The molecule has 0 radical (unpaired) electrons. The number of nitrogens with zero attached hydrogens (tertiary/aromatic N) is 2. The Labute approximate surface area is 384 Å². The number of benzene rings is 9. The van der Waals surface area contributed by atoms with Crippen LogP contribution in [-0.4, -0.2) is 9.97 Å². The summed E-state index contributed by atoms with van der Waals surface area (Å²) in [5.74, 6) is 0.0939. The minimum absolute atomic E-state index is 0.0939. The smallest absolute Gasteiger partial charge is 0.160 e. The van der Waals surface area contributed by atoms with Crippen LogP contribution in [-0.2, 0) is 5.41 Å². The molecule has 11 aromatic rings. The third kappa shape index (κ3) is 5.74. The molecule has 0 bridgehead atoms. The average Bonchev–Trinajstić information content (AvgIpc) is 3.64. The van der Waals surface area contributed by atoms with E-state index in [1.54, 1.807) is 30.3 Å². The van der Waals surface area contributed by atoms with Crippen molar-refractivity contribution in [1.29, 1.82) is 0 Å². The van der Waals surface area contributed by atoms with Crippen molar-refractivity contribution in [3.05, 3.63) is 252 Å². The molecule has 0 saturated heterocycles. The first-order chi connectivity index (χ1) is 37.8. The number of hydrogen-bond donors (Lipinski definition) is 0. The highest BCUT2D eigenvalue weighted by molar-refractivity contribution is 6.06. The molecule has 9 aromatic carbocycles. The van der Waals surface area contributed by atoms with Gasteiger partial charge in [0, 0.05) is 27.5 Å². The molecule has 1 aliphatic rings. The Bertz CT molecular complexity index is 4340. The standard InChI is InChI=1S/C59H38N2O/c1-5-18-39(19-6-1)42-34-43(41-32-33-56-50(37-41)47-26-14-16-31-55(47)62-56)36-44(35-42)53-38-54(61-58(60-53)40-20-7-2-8-21-40)49-28-17-30-52-57(49)48-27-13-15-29-51(48)59(52,45-22-9-3-10-23-45)46-24-11-4-12-25-46/h1-38H/i3D,4D,9D,10D,11D,12D,13D,15D,17D,22D,23D,24D,25D,27D,28D,29D,30D. The zero-order valence-corrected chi connectivity index (χ0v) is 32.4. The van der Waals surface area contributed by atoms with E-state index in [1.807, 2.05) is 91.0 Å². The Morgan fingerprint density at radius 1 is 0.387 bits per heavy atom. The van der Waals surface area contributed by atoms with E-state index >= 15 is 0 Å². The number of rotatable bonds is 7. The third-order valence-corrected chi connectivity index (χ3v) is 11.4. The largest absolute Gasteiger partial charge is 0.456 e. The molecule has 12 rings (SSSR count). The molecular formula is C59H38N2O. The van der Waals surface area contributed by atoms with Gasteiger partial charge in [0.15, 0.2) is 5.82 Å². The van der Waals surface area contributed by atoms with E-state index in [0.29, 0.717) is 16.7 Å². The first-order valence-electron chi connectivity index (χ1n) is 28.2. The Morgan fingerprint density at radius 2 is 0.968 bits per heavy atom. The van der Waals surface area contributed by atoms with Gasteiger partial charge in [-0.15, -0.1) is 0 Å². The van der Waals surface area contributed by atoms with Crippen molar-refractivity contribution in [3.8, 4) is 67.3 Å². The molecule has 2 heterocycles. The minimum Gasteiger partial charge on any atom is -0.456 e. The van der Waals surface area contributed by atoms with Crippen molar-refractivity contribution in [2.24, 2.45) is 0 Å². The molecule has 0 amide bonds. The summed E-state index contributed by atoms with van der Waals surface area (Å²) in [5, 5.41) is 1.81. The van der Waals surface area contributed by atoms with Gasteiger partial charge in [0.1, 0.15) is 11.2 Å². The van der Waals surface area contributed by atoms with Crippen LogP contribution in [0.4, 0.5) is 0 Å². The zero-order valence-electron chi connectivity index (χ0n) is 49.4. The topological polar surface area (TPSA) is 38.9 Å². The molecule has 0 N–H and O–H groups in total. The van der Waals surface area contributed by atoms with E-state index in [4.69, 9.17) is 25.4 Å². The fourth-order valence-corrected chi connectivity index (χ4v) is 8.62. The van der Waals surface area contributed by atoms with Gasteiger partial charge >= 0.3 is 0 Å². The molecule has 0 saturated carbocycles. The van der Waals surface area contributed by atoms with Crippen LogP contribution in [0.2, 0.25) is 0 Å². The molecule has 1 aliphatic carbocycles. The second-order valence-electron chi connectivity index (χ2n) is 14.8. The van der Waals surface area contributed by atoms with Gasteiger partial charge in [-0.25, -0.2) is 9.97 Å². The number of para-hydroxylation sites is 1. The van der Waals surface area contributed by atoms with Crippen LogP contribution in [0.1, 0.15) is 45.6 Å². The fraction of sp³-hybridized carbons (Fsp3) is 0.0169. The van der Waals surface area contributed by atoms with Gasteiger partial charge in [-0.1, -0.05) is 188 Å². The van der Waals surface area contributed by atoms with E-state index in [2.05, 4.69) is 0 Å². The van der Waals surface area contributed by atoms with Gasteiger partial charge in [-0.05, 0) is 98.1 Å². The van der Waals surface area contributed by atoms with Gasteiger partial charge in [0.25, 0.3) is 0 Å². The van der Waals surface area contributed by atoms with Crippen molar-refractivity contribution >= 4 is 21.9 Å². The maximum atomic E-state index is 9.92. The zero-order chi connectivity index (χ0) is 55.8. The van der Waals surface area contributed by atoms with Crippen LogP contribution < -0.4 is 0 Å². The minimum atomic E-state index is -2.98. The van der Waals surface area contributed by atoms with Crippen molar-refractivity contribution in [2.45, 2.75) is 5.41 Å². The summed E-state index contributed by atoms with van der Waals surface area (Å²) in [5.41, 5.74) is -1.19. The lowest BCUT2D eigenvalue weighted by atomic mass is 9.67. The lowest BCUT2D eigenvalue weighted by molar-refractivity contribution is 0.669. The number of fused-ring (bicyclic) bond motifs is 6. The SMILES string of the molecule is [2H]c1c([2H])c([2H])c(C2(c3c([2H])c([2H])c([2H])c([2H])c3[2H])c3c([2H])c([2H])c([2H])c([2H])c3-c3c(-c4cc(-c5cc(-c6ccccc6)cc(-c6ccc7oc8ccccc8c7c6)c5)nc(-c5ccccc5)n4)c([2H])c([2H])c([2H])c32)c([2H])c1[2H]. The molecule has 3 nitrogen and oxygen atoms in total. The quantitative estimate of drug-likeness (QED) is 0.161. The van der Waals surface area contributed by atoms with Crippen molar-refractivity contribution < 1.29 is 27.7 Å². The molecule has 0 spiro atoms. The number of furan rings is 1. The van der Waals surface area contributed by atoms with Gasteiger partial charge < -0.3 is 4.42 Å². The molecule has 0 unspecified atom stereocenters. The molecule has 0 fully saturated rings. The predicted molar refractivity (Wildman–Crippen MR) is 254 cm³/mol. The maximum Gasteiger partial charge on any atom is 0.160 e. The van der Waals surface area contributed by atoms with Crippen LogP contribution in [0.3, 0.4) is 0 Å². The normalized spacial score (nSPS) is 16.5. The van der Waals surface area contributed by atoms with Gasteiger partial charge in [-0.2, -0.15) is 0 Å². The van der Waals surface area contributed by atoms with E-state index in [0.717, 1.165) is 38.6 Å². The predicted octanol–water partition coefficient (Wildman–Crippen LogP) is 15.1. The first-order valence-corrected chi connectivity index (χ1v) is 19.7. The summed E-state index contributed by atoms with van der Waals surface area (Å²) in [7, 11) is 0. The van der Waals surface area contributed by atoms with E-state index in [1.165, 1.54) is 6.07 Å². The highest BCUT2D eigenvalue weighted by Gasteiger charge is 2.46. The summed E-state index contributed by atoms with van der Waals surface area (Å²) in [6, 6.07) is 24.1. The summed E-state index contributed by atoms with van der Waals surface area (Å²) in [6.45, 7) is 0. The molecular weight excluding hydrogens is 753 g/mol. The van der Waals surface area contributed by atoms with Crippen molar-refractivity contribution in [3.63, 3.8) is 0 Å². The Balaban J connectivity index is 1.25. The van der Waals surface area contributed by atoms with Crippen LogP contribution in [0.15, 0.2) is 235 Å². The maximum absolute atomic E-state index is 9.92. The summed E-state index contributed by atoms with van der Waals surface area (Å²) in [6.07, 6.45) is 0. The van der Waals surface area contributed by atoms with Crippen LogP contribution in [0, 0.1) is 0 Å². The third-order valence-electron chi connectivity index (χ3n) is 11.4. The second kappa shape index (κ2) is 14.5. The molecule has 2 aromatic heterocycles.